The Hall–Kier alpha value is -3.54. The van der Waals surface area contributed by atoms with Crippen molar-refractivity contribution >= 4 is 16.9 Å². The van der Waals surface area contributed by atoms with E-state index >= 15 is 0 Å². The number of nitrogens with one attached hydrogen (secondary N) is 1. The summed E-state index contributed by atoms with van der Waals surface area (Å²) in [6.07, 6.45) is 6.05. The minimum absolute atomic E-state index is 0.0588. The third-order valence-electron chi connectivity index (χ3n) is 8.25. The minimum atomic E-state index is -0.0588. The summed E-state index contributed by atoms with van der Waals surface area (Å²) in [6, 6.07) is 16.6. The van der Waals surface area contributed by atoms with E-state index < -0.39 is 0 Å². The van der Waals surface area contributed by atoms with Gasteiger partial charge in [0.1, 0.15) is 5.69 Å². The first-order valence-electron chi connectivity index (χ1n) is 13.3. The van der Waals surface area contributed by atoms with Gasteiger partial charge >= 0.3 is 5.69 Å². The van der Waals surface area contributed by atoms with Gasteiger partial charge < -0.3 is 14.5 Å². The molecular formula is C30H34N4O2. The van der Waals surface area contributed by atoms with Crippen LogP contribution in [0, 0.1) is 13.8 Å². The van der Waals surface area contributed by atoms with Crippen LogP contribution in [-0.4, -0.2) is 38.0 Å². The van der Waals surface area contributed by atoms with Crippen molar-refractivity contribution in [3.05, 3.63) is 92.7 Å². The second-order valence-electron chi connectivity index (χ2n) is 10.5. The number of hydrogen-bond donors (Lipinski definition) is 1. The Morgan fingerprint density at radius 2 is 1.69 bits per heavy atom. The number of likely N-dealkylation sites (tertiary alicyclic amines) is 1. The molecule has 6 heteroatoms. The summed E-state index contributed by atoms with van der Waals surface area (Å²) < 4.78 is 4.20. The van der Waals surface area contributed by atoms with Gasteiger partial charge in [0.25, 0.3) is 5.91 Å². The average Bonchev–Trinajstić information content (AvgIpc) is 3.38. The lowest BCUT2D eigenvalue weighted by atomic mass is 9.95. The predicted molar refractivity (Wildman–Crippen MR) is 143 cm³/mol. The maximum Gasteiger partial charge on any atom is 0.326 e. The van der Waals surface area contributed by atoms with Crippen LogP contribution >= 0.6 is 0 Å². The van der Waals surface area contributed by atoms with E-state index in [-0.39, 0.29) is 17.6 Å². The zero-order valence-electron chi connectivity index (χ0n) is 21.2. The highest BCUT2D eigenvalue weighted by Gasteiger charge is 2.32. The Kier molecular flexibility index (Phi) is 5.82. The first kappa shape index (κ1) is 22.9. The summed E-state index contributed by atoms with van der Waals surface area (Å²) in [5.41, 5.74) is 9.01. The molecule has 0 radical (unpaired) electrons. The Labute approximate surface area is 211 Å². The predicted octanol–water partition coefficient (Wildman–Crippen LogP) is 5.15. The quantitative estimate of drug-likeness (QED) is 0.437. The molecule has 3 heterocycles. The molecule has 1 saturated heterocycles. The number of para-hydroxylation sites is 2. The first-order chi connectivity index (χ1) is 17.5. The van der Waals surface area contributed by atoms with Gasteiger partial charge in [-0.1, -0.05) is 42.0 Å². The number of aromatic nitrogens is 3. The molecule has 2 aromatic carbocycles. The van der Waals surface area contributed by atoms with Gasteiger partial charge in [-0.2, -0.15) is 0 Å². The fourth-order valence-corrected chi connectivity index (χ4v) is 6.31. The van der Waals surface area contributed by atoms with Crippen molar-refractivity contribution in [1.82, 2.24) is 19.0 Å². The van der Waals surface area contributed by atoms with Crippen LogP contribution < -0.4 is 5.69 Å². The molecule has 2 aromatic heterocycles. The number of fused-ring (bicyclic) bond motifs is 2. The molecule has 186 valence electrons. The Bertz CT molecular complexity index is 1480. The molecule has 0 spiro atoms. The van der Waals surface area contributed by atoms with E-state index in [2.05, 4.69) is 47.7 Å². The van der Waals surface area contributed by atoms with E-state index in [1.54, 1.807) is 0 Å². The number of aromatic amines is 1. The van der Waals surface area contributed by atoms with Gasteiger partial charge in [-0.3, -0.25) is 9.36 Å². The van der Waals surface area contributed by atoms with Crippen LogP contribution in [0.2, 0.25) is 0 Å². The van der Waals surface area contributed by atoms with Crippen molar-refractivity contribution in [2.24, 2.45) is 0 Å². The summed E-state index contributed by atoms with van der Waals surface area (Å²) >= 11 is 0. The van der Waals surface area contributed by atoms with Crippen LogP contribution in [0.15, 0.2) is 53.3 Å². The van der Waals surface area contributed by atoms with Crippen LogP contribution in [0.4, 0.5) is 0 Å². The first-order valence-corrected chi connectivity index (χ1v) is 13.3. The van der Waals surface area contributed by atoms with Crippen LogP contribution in [0.25, 0.3) is 11.0 Å². The summed E-state index contributed by atoms with van der Waals surface area (Å²) in [4.78, 5) is 31.7. The lowest BCUT2D eigenvalue weighted by Crippen LogP contribution is -2.41. The van der Waals surface area contributed by atoms with Crippen molar-refractivity contribution in [3.63, 3.8) is 0 Å². The lowest BCUT2D eigenvalue weighted by molar-refractivity contribution is 0.0683. The monoisotopic (exact) mass is 482 g/mol. The van der Waals surface area contributed by atoms with Gasteiger partial charge in [-0.25, -0.2) is 4.79 Å². The molecule has 6 rings (SSSR count). The number of amides is 1. The number of hydrogen-bond acceptors (Lipinski definition) is 2. The third kappa shape index (κ3) is 3.89. The number of H-pyrrole nitrogens is 1. The zero-order chi connectivity index (χ0) is 24.8. The van der Waals surface area contributed by atoms with Gasteiger partial charge in [0.15, 0.2) is 0 Å². The van der Waals surface area contributed by atoms with E-state index in [1.165, 1.54) is 35.2 Å². The number of benzene rings is 2. The molecule has 0 unspecified atom stereocenters. The zero-order valence-corrected chi connectivity index (χ0v) is 21.2. The van der Waals surface area contributed by atoms with Crippen molar-refractivity contribution in [3.8, 4) is 0 Å². The summed E-state index contributed by atoms with van der Waals surface area (Å²) in [7, 11) is 0. The lowest BCUT2D eigenvalue weighted by Gasteiger charge is -2.33. The molecule has 2 aliphatic rings. The second kappa shape index (κ2) is 9.16. The van der Waals surface area contributed by atoms with Crippen molar-refractivity contribution in [1.29, 1.82) is 0 Å². The number of rotatable bonds is 4. The molecule has 6 nitrogen and oxygen atoms in total. The summed E-state index contributed by atoms with van der Waals surface area (Å²) in [5.74, 6) is 0.138. The van der Waals surface area contributed by atoms with Crippen LogP contribution in [0.5, 0.6) is 0 Å². The largest absolute Gasteiger partial charge is 0.337 e. The number of carbonyl (C=O) groups is 1. The number of carbonyl (C=O) groups excluding carboxylic acids is 1. The second-order valence-corrected chi connectivity index (χ2v) is 10.5. The van der Waals surface area contributed by atoms with Crippen LogP contribution in [0.3, 0.4) is 0 Å². The molecule has 4 aromatic rings. The Morgan fingerprint density at radius 1 is 0.972 bits per heavy atom. The molecule has 0 atom stereocenters. The standard InChI is InChI=1S/C30H34N4O2/c1-20-11-13-22(14-12-20)19-33-26-9-5-3-7-24(26)21(2)28(33)29(35)32-17-15-23(16-18-32)34-27-10-6-4-8-25(27)31-30(34)36/h4,6,8,10-14,23H,3,5,7,9,15-19H2,1-2H3,(H,31,36). The SMILES string of the molecule is Cc1ccc(Cn2c3c(c(C)c2C(=O)N2CCC(n4c(=O)[nH]c5ccccc54)CC2)CCCC3)cc1. The molecule has 0 bridgehead atoms. The van der Waals surface area contributed by atoms with Crippen molar-refractivity contribution in [2.45, 2.75) is 65.0 Å². The van der Waals surface area contributed by atoms with E-state index in [1.807, 2.05) is 33.7 Å². The van der Waals surface area contributed by atoms with Crippen LogP contribution in [0.1, 0.15) is 70.2 Å². The number of nitrogens with zero attached hydrogens (tertiary/aromatic N) is 3. The molecule has 0 saturated carbocycles. The van der Waals surface area contributed by atoms with E-state index in [0.717, 1.165) is 54.5 Å². The maximum absolute atomic E-state index is 14.0. The van der Waals surface area contributed by atoms with Crippen molar-refractivity contribution in [2.75, 3.05) is 13.1 Å². The highest BCUT2D eigenvalue weighted by Crippen LogP contribution is 2.33. The number of aryl methyl sites for hydroxylation is 1. The summed E-state index contributed by atoms with van der Waals surface area (Å²) in [6.45, 7) is 6.30. The molecule has 1 N–H and O–H groups in total. The van der Waals surface area contributed by atoms with Gasteiger partial charge in [0, 0.05) is 31.4 Å². The molecule has 1 amide bonds. The topological polar surface area (TPSA) is 63.0 Å². The fraction of sp³-hybridized carbons (Fsp3) is 0.400. The molecule has 1 fully saturated rings. The smallest absolute Gasteiger partial charge is 0.326 e. The highest BCUT2D eigenvalue weighted by atomic mass is 16.2. The van der Waals surface area contributed by atoms with Gasteiger partial charge in [0.05, 0.1) is 11.0 Å². The number of piperidine rings is 1. The Morgan fingerprint density at radius 3 is 2.47 bits per heavy atom. The average molecular weight is 483 g/mol. The van der Waals surface area contributed by atoms with Gasteiger partial charge in [-0.15, -0.1) is 0 Å². The Balaban J connectivity index is 1.28. The minimum Gasteiger partial charge on any atom is -0.337 e. The molecule has 1 aliphatic carbocycles. The van der Waals surface area contributed by atoms with Gasteiger partial charge in [-0.05, 0) is 81.2 Å². The fourth-order valence-electron chi connectivity index (χ4n) is 6.31. The van der Waals surface area contributed by atoms with Crippen molar-refractivity contribution < 1.29 is 4.79 Å². The normalized spacial score (nSPS) is 16.4. The van der Waals surface area contributed by atoms with E-state index in [9.17, 15) is 9.59 Å². The maximum atomic E-state index is 14.0. The third-order valence-corrected chi connectivity index (χ3v) is 8.25. The molecular weight excluding hydrogens is 448 g/mol. The molecule has 36 heavy (non-hydrogen) atoms. The summed E-state index contributed by atoms with van der Waals surface area (Å²) in [5, 5.41) is 0. The van der Waals surface area contributed by atoms with E-state index in [4.69, 9.17) is 0 Å². The highest BCUT2D eigenvalue weighted by molar-refractivity contribution is 5.95. The van der Waals surface area contributed by atoms with Gasteiger partial charge in [0.2, 0.25) is 0 Å². The number of imidazole rings is 1. The van der Waals surface area contributed by atoms with Crippen LogP contribution in [-0.2, 0) is 19.4 Å². The van der Waals surface area contributed by atoms with E-state index in [0.29, 0.717) is 13.1 Å². The molecule has 1 aliphatic heterocycles.